The van der Waals surface area contributed by atoms with Gasteiger partial charge in [0.25, 0.3) is 0 Å². The lowest BCUT2D eigenvalue weighted by atomic mass is 10.1. The average Bonchev–Trinajstić information content (AvgIpc) is 2.67. The van der Waals surface area contributed by atoms with E-state index in [-0.39, 0.29) is 6.10 Å². The first kappa shape index (κ1) is 16.1. The number of aromatic nitrogens is 1. The smallest absolute Gasteiger partial charge is 0.197 e. The minimum Gasteiger partial charge on any atom is -0.484 e. The van der Waals surface area contributed by atoms with E-state index in [0.717, 1.165) is 5.00 Å². The molecule has 0 aliphatic carbocycles. The Morgan fingerprint density at radius 1 is 1.26 bits per heavy atom. The Morgan fingerprint density at radius 3 is 2.63 bits per heavy atom. The molecule has 0 aromatic carbocycles. The van der Waals surface area contributed by atoms with Gasteiger partial charge < -0.3 is 15.8 Å². The number of nitrogens with two attached hydrogens (primary N) is 1. The van der Waals surface area contributed by atoms with Gasteiger partial charge in [-0.3, -0.25) is 0 Å². The fraction of sp³-hybridized carbons (Fsp3) is 0.786. The molecule has 0 saturated carbocycles. The Hall–Kier alpha value is -0.970. The number of nitrogens with one attached hydrogen (secondary N) is 1. The number of anilines is 2. The average molecular weight is 285 g/mol. The maximum absolute atomic E-state index is 5.84. The molecule has 110 valence electrons. The third-order valence-corrected chi connectivity index (χ3v) is 3.67. The van der Waals surface area contributed by atoms with Crippen LogP contribution in [0.1, 0.15) is 59.8 Å². The van der Waals surface area contributed by atoms with Crippen LogP contribution in [-0.4, -0.2) is 16.5 Å². The lowest BCUT2D eigenvalue weighted by molar-refractivity contribution is 0.245. The minimum absolute atomic E-state index is 0.110. The number of nitrogens with zero attached hydrogens (tertiary/aromatic N) is 1. The van der Waals surface area contributed by atoms with Crippen molar-refractivity contribution in [1.82, 2.24) is 4.37 Å². The van der Waals surface area contributed by atoms with Crippen molar-refractivity contribution in [2.45, 2.75) is 71.9 Å². The van der Waals surface area contributed by atoms with Gasteiger partial charge in [0.1, 0.15) is 0 Å². The van der Waals surface area contributed by atoms with E-state index in [9.17, 15) is 0 Å². The van der Waals surface area contributed by atoms with E-state index >= 15 is 0 Å². The Kier molecular flexibility index (Phi) is 6.99. The van der Waals surface area contributed by atoms with Gasteiger partial charge in [-0.25, -0.2) is 0 Å². The molecule has 5 heteroatoms. The molecule has 1 heterocycles. The topological polar surface area (TPSA) is 60.2 Å². The Labute approximate surface area is 120 Å². The predicted octanol–water partition coefficient (Wildman–Crippen LogP) is 4.28. The normalized spacial score (nSPS) is 12.7. The van der Waals surface area contributed by atoms with Crippen LogP contribution in [0.3, 0.4) is 0 Å². The number of hydrogen-bond acceptors (Lipinski definition) is 5. The largest absolute Gasteiger partial charge is 0.484 e. The van der Waals surface area contributed by atoms with E-state index in [1.54, 1.807) is 0 Å². The third-order valence-electron chi connectivity index (χ3n) is 2.90. The molecule has 1 rings (SSSR count). The summed E-state index contributed by atoms with van der Waals surface area (Å²) < 4.78 is 9.88. The summed E-state index contributed by atoms with van der Waals surface area (Å²) in [4.78, 5) is 0. The van der Waals surface area contributed by atoms with Gasteiger partial charge in [-0.2, -0.15) is 4.37 Å². The van der Waals surface area contributed by atoms with Crippen LogP contribution in [0.15, 0.2) is 0 Å². The highest BCUT2D eigenvalue weighted by atomic mass is 32.1. The van der Waals surface area contributed by atoms with Crippen LogP contribution < -0.4 is 15.8 Å². The van der Waals surface area contributed by atoms with Crippen molar-refractivity contribution in [3.05, 3.63) is 0 Å². The van der Waals surface area contributed by atoms with E-state index in [4.69, 9.17) is 10.5 Å². The molecule has 0 aliphatic rings. The second-order valence-corrected chi connectivity index (χ2v) is 6.06. The second-order valence-electron chi connectivity index (χ2n) is 5.29. The van der Waals surface area contributed by atoms with Crippen LogP contribution >= 0.6 is 11.5 Å². The number of hydrogen-bond donors (Lipinski definition) is 2. The molecule has 1 aromatic heterocycles. The highest BCUT2D eigenvalue weighted by Gasteiger charge is 2.16. The van der Waals surface area contributed by atoms with E-state index in [2.05, 4.69) is 23.5 Å². The summed E-state index contributed by atoms with van der Waals surface area (Å²) in [5, 5.41) is 4.42. The van der Waals surface area contributed by atoms with Crippen LogP contribution in [0.5, 0.6) is 5.75 Å². The molecule has 1 atom stereocenters. The number of unbranched alkanes of at least 4 members (excludes halogenated alkanes) is 3. The summed E-state index contributed by atoms with van der Waals surface area (Å²) in [5.41, 5.74) is 5.84. The molecule has 1 aromatic rings. The Morgan fingerprint density at radius 2 is 2.00 bits per heavy atom. The van der Waals surface area contributed by atoms with Crippen molar-refractivity contribution in [3.63, 3.8) is 0 Å². The summed E-state index contributed by atoms with van der Waals surface area (Å²) in [6.45, 7) is 8.42. The van der Waals surface area contributed by atoms with E-state index in [1.165, 1.54) is 43.6 Å². The molecular weight excluding hydrogens is 258 g/mol. The molecule has 3 N–H and O–H groups in total. The third kappa shape index (κ3) is 5.68. The zero-order valence-electron chi connectivity index (χ0n) is 12.5. The molecule has 0 radical (unpaired) electrons. The molecule has 0 bridgehead atoms. The van der Waals surface area contributed by atoms with Gasteiger partial charge in [-0.15, -0.1) is 0 Å². The van der Waals surface area contributed by atoms with Crippen LogP contribution in [0.2, 0.25) is 0 Å². The van der Waals surface area contributed by atoms with Gasteiger partial charge in [-0.1, -0.05) is 32.6 Å². The molecule has 4 nitrogen and oxygen atoms in total. The van der Waals surface area contributed by atoms with Gasteiger partial charge in [0.15, 0.2) is 16.6 Å². The first-order valence-corrected chi connectivity index (χ1v) is 8.00. The van der Waals surface area contributed by atoms with Crippen molar-refractivity contribution in [3.8, 4) is 5.75 Å². The fourth-order valence-electron chi connectivity index (χ4n) is 1.91. The van der Waals surface area contributed by atoms with E-state index in [0.29, 0.717) is 17.6 Å². The molecule has 1 unspecified atom stereocenters. The van der Waals surface area contributed by atoms with Gasteiger partial charge in [-0.05, 0) is 38.7 Å². The summed E-state index contributed by atoms with van der Waals surface area (Å²) in [7, 11) is 0. The molecule has 0 saturated heterocycles. The van der Waals surface area contributed by atoms with Crippen molar-refractivity contribution in [1.29, 1.82) is 0 Å². The first-order chi connectivity index (χ1) is 9.04. The fourth-order valence-corrected chi connectivity index (χ4v) is 2.67. The van der Waals surface area contributed by atoms with Gasteiger partial charge in [0.2, 0.25) is 0 Å². The van der Waals surface area contributed by atoms with Gasteiger partial charge in [0.05, 0.1) is 6.10 Å². The Bertz CT molecular complexity index is 366. The standard InChI is InChI=1S/C14H27N3OS/c1-5-6-7-8-9-11(4)16-14-12(18-10(2)3)13(15)17-19-14/h10-11,16H,5-9H2,1-4H3,(H2,15,17). The maximum atomic E-state index is 5.84. The minimum atomic E-state index is 0.110. The second kappa shape index (κ2) is 8.25. The summed E-state index contributed by atoms with van der Waals surface area (Å²) in [6.07, 6.45) is 6.44. The van der Waals surface area contributed by atoms with Crippen molar-refractivity contribution in [2.75, 3.05) is 11.1 Å². The molecule has 19 heavy (non-hydrogen) atoms. The molecule has 0 spiro atoms. The number of ether oxygens (including phenoxy) is 1. The lowest BCUT2D eigenvalue weighted by Crippen LogP contribution is -2.16. The molecule has 0 fully saturated rings. The van der Waals surface area contributed by atoms with E-state index in [1.807, 2.05) is 13.8 Å². The van der Waals surface area contributed by atoms with Gasteiger partial charge in [0, 0.05) is 6.04 Å². The van der Waals surface area contributed by atoms with Crippen LogP contribution in [-0.2, 0) is 0 Å². The van der Waals surface area contributed by atoms with Crippen LogP contribution in [0.4, 0.5) is 10.8 Å². The van der Waals surface area contributed by atoms with Crippen LogP contribution in [0.25, 0.3) is 0 Å². The number of rotatable bonds is 9. The molecular formula is C14H27N3OS. The zero-order chi connectivity index (χ0) is 14.3. The molecule has 0 amide bonds. The van der Waals surface area contributed by atoms with E-state index < -0.39 is 0 Å². The van der Waals surface area contributed by atoms with Gasteiger partial charge >= 0.3 is 0 Å². The summed E-state index contributed by atoms with van der Waals surface area (Å²) in [6, 6.07) is 0.422. The quantitative estimate of drug-likeness (QED) is 0.665. The lowest BCUT2D eigenvalue weighted by Gasteiger charge is -2.16. The predicted molar refractivity (Wildman–Crippen MR) is 84.1 cm³/mol. The summed E-state index contributed by atoms with van der Waals surface area (Å²) in [5.74, 6) is 1.19. The van der Waals surface area contributed by atoms with Crippen molar-refractivity contribution >= 4 is 22.4 Å². The monoisotopic (exact) mass is 285 g/mol. The Balaban J connectivity index is 2.47. The highest BCUT2D eigenvalue weighted by molar-refractivity contribution is 7.11. The highest BCUT2D eigenvalue weighted by Crippen LogP contribution is 2.36. The van der Waals surface area contributed by atoms with Crippen molar-refractivity contribution < 1.29 is 4.74 Å². The number of nitrogen functional groups attached to an aromatic ring is 1. The first-order valence-electron chi connectivity index (χ1n) is 7.22. The maximum Gasteiger partial charge on any atom is 0.197 e. The van der Waals surface area contributed by atoms with Crippen molar-refractivity contribution in [2.24, 2.45) is 0 Å². The SMILES string of the molecule is CCCCCCC(C)Nc1snc(N)c1OC(C)C. The van der Waals surface area contributed by atoms with Crippen LogP contribution in [0, 0.1) is 0 Å². The zero-order valence-corrected chi connectivity index (χ0v) is 13.3. The molecule has 0 aliphatic heterocycles. The summed E-state index contributed by atoms with van der Waals surface area (Å²) >= 11 is 1.38.